The highest BCUT2D eigenvalue weighted by atomic mass is 16.5. The van der Waals surface area contributed by atoms with Crippen LogP contribution < -0.4 is 0 Å². The van der Waals surface area contributed by atoms with Crippen LogP contribution >= 0.6 is 0 Å². The van der Waals surface area contributed by atoms with Crippen LogP contribution in [0.3, 0.4) is 0 Å². The molecule has 0 spiro atoms. The minimum Gasteiger partial charge on any atom is -0.480 e. The number of hydrogen-bond donors (Lipinski definition) is 1. The summed E-state index contributed by atoms with van der Waals surface area (Å²) in [7, 11) is 1.71. The molecule has 1 aromatic heterocycles. The molecule has 0 fully saturated rings. The van der Waals surface area contributed by atoms with Gasteiger partial charge in [-0.1, -0.05) is 35.5 Å². The van der Waals surface area contributed by atoms with Gasteiger partial charge in [0.1, 0.15) is 6.04 Å². The van der Waals surface area contributed by atoms with Crippen LogP contribution in [0, 0.1) is 0 Å². The van der Waals surface area contributed by atoms with Crippen molar-refractivity contribution in [1.82, 2.24) is 15.0 Å². The fraction of sp³-hybridized carbons (Fsp3) is 0.400. The molecule has 2 rings (SSSR count). The van der Waals surface area contributed by atoms with Crippen molar-refractivity contribution in [1.29, 1.82) is 0 Å². The van der Waals surface area contributed by atoms with E-state index in [0.717, 1.165) is 6.42 Å². The van der Waals surface area contributed by atoms with Crippen molar-refractivity contribution in [2.45, 2.75) is 32.4 Å². The summed E-state index contributed by atoms with van der Waals surface area (Å²) in [6, 6.07) is 9.50. The maximum Gasteiger partial charge on any atom is 0.320 e. The number of carbonyl (C=O) groups is 1. The Hall–Kier alpha value is -2.21. The van der Waals surface area contributed by atoms with Gasteiger partial charge in [0, 0.05) is 6.42 Å². The number of aliphatic carboxylic acids is 1. The number of nitrogens with zero attached hydrogens (tertiary/aromatic N) is 3. The smallest absolute Gasteiger partial charge is 0.320 e. The molecule has 1 heterocycles. The molecule has 0 bridgehead atoms. The third-order valence-corrected chi connectivity index (χ3v) is 3.39. The predicted octanol–water partition coefficient (Wildman–Crippen LogP) is 1.76. The van der Waals surface area contributed by atoms with Gasteiger partial charge in [0.05, 0.1) is 6.54 Å². The largest absolute Gasteiger partial charge is 0.480 e. The van der Waals surface area contributed by atoms with E-state index in [0.29, 0.717) is 24.7 Å². The Morgan fingerprint density at radius 3 is 2.71 bits per heavy atom. The van der Waals surface area contributed by atoms with Crippen LogP contribution in [0.1, 0.15) is 24.2 Å². The molecule has 0 aliphatic carbocycles. The van der Waals surface area contributed by atoms with Gasteiger partial charge in [-0.2, -0.15) is 4.98 Å². The van der Waals surface area contributed by atoms with Gasteiger partial charge in [-0.05, 0) is 26.0 Å². The maximum atomic E-state index is 10.9. The van der Waals surface area contributed by atoms with Crippen molar-refractivity contribution in [3.63, 3.8) is 0 Å². The highest BCUT2D eigenvalue weighted by Crippen LogP contribution is 2.08. The molecule has 0 aliphatic rings. The summed E-state index contributed by atoms with van der Waals surface area (Å²) in [6.07, 6.45) is 1.55. The highest BCUT2D eigenvalue weighted by Gasteiger charge is 2.19. The van der Waals surface area contributed by atoms with E-state index < -0.39 is 12.0 Å². The fourth-order valence-electron chi connectivity index (χ4n) is 1.90. The van der Waals surface area contributed by atoms with Crippen LogP contribution in [0.5, 0.6) is 0 Å². The highest BCUT2D eigenvalue weighted by molar-refractivity contribution is 5.72. The zero-order valence-corrected chi connectivity index (χ0v) is 12.2. The molecule has 112 valence electrons. The number of hydrogen-bond acceptors (Lipinski definition) is 5. The Balaban J connectivity index is 1.88. The zero-order chi connectivity index (χ0) is 15.2. The van der Waals surface area contributed by atoms with E-state index in [1.807, 2.05) is 18.2 Å². The molecule has 0 amide bonds. The molecule has 1 aromatic carbocycles. The molecule has 21 heavy (non-hydrogen) atoms. The van der Waals surface area contributed by atoms with E-state index >= 15 is 0 Å². The van der Waals surface area contributed by atoms with Crippen LogP contribution in [-0.2, 0) is 24.2 Å². The van der Waals surface area contributed by atoms with E-state index in [-0.39, 0.29) is 0 Å². The number of aromatic nitrogens is 2. The third-order valence-electron chi connectivity index (χ3n) is 3.39. The predicted molar refractivity (Wildman–Crippen MR) is 76.7 cm³/mol. The van der Waals surface area contributed by atoms with E-state index in [2.05, 4.69) is 22.3 Å². The Bertz CT molecular complexity index is 583. The van der Waals surface area contributed by atoms with Gasteiger partial charge in [-0.25, -0.2) is 0 Å². The average Bonchev–Trinajstić information content (AvgIpc) is 2.92. The van der Waals surface area contributed by atoms with Crippen LogP contribution in [0.15, 0.2) is 34.9 Å². The quantitative estimate of drug-likeness (QED) is 0.836. The molecule has 0 saturated heterocycles. The molecule has 2 aromatic rings. The SMILES string of the molecule is C[C@@H](C(=O)O)N(C)Cc1nc(CCc2ccccc2)no1. The number of carboxylic acids is 1. The molecule has 0 unspecified atom stereocenters. The van der Waals surface area contributed by atoms with Crippen molar-refractivity contribution in [2.24, 2.45) is 0 Å². The van der Waals surface area contributed by atoms with Gasteiger partial charge in [-0.3, -0.25) is 9.69 Å². The van der Waals surface area contributed by atoms with Crippen molar-refractivity contribution >= 4 is 5.97 Å². The standard InChI is InChI=1S/C15H19N3O3/c1-11(15(19)20)18(2)10-14-16-13(17-21-14)9-8-12-6-4-3-5-7-12/h3-7,11H,8-10H2,1-2H3,(H,19,20)/t11-/m0/s1. The third kappa shape index (κ3) is 4.39. The van der Waals surface area contributed by atoms with Gasteiger partial charge in [-0.15, -0.1) is 0 Å². The molecule has 0 aliphatic heterocycles. The second-order valence-corrected chi connectivity index (χ2v) is 5.02. The van der Waals surface area contributed by atoms with E-state index in [1.54, 1.807) is 18.9 Å². The van der Waals surface area contributed by atoms with Crippen LogP contribution in [0.4, 0.5) is 0 Å². The lowest BCUT2D eigenvalue weighted by atomic mass is 10.1. The van der Waals surface area contributed by atoms with E-state index in [4.69, 9.17) is 9.63 Å². The second-order valence-electron chi connectivity index (χ2n) is 5.02. The lowest BCUT2D eigenvalue weighted by molar-refractivity contribution is -0.142. The first-order chi connectivity index (χ1) is 10.1. The molecule has 1 atom stereocenters. The lowest BCUT2D eigenvalue weighted by Gasteiger charge is -2.18. The monoisotopic (exact) mass is 289 g/mol. The minimum absolute atomic E-state index is 0.325. The lowest BCUT2D eigenvalue weighted by Crippen LogP contribution is -2.35. The Kier molecular flexibility index (Phi) is 5.05. The maximum absolute atomic E-state index is 10.9. The van der Waals surface area contributed by atoms with E-state index in [1.165, 1.54) is 5.56 Å². The van der Waals surface area contributed by atoms with Crippen molar-refractivity contribution in [2.75, 3.05) is 7.05 Å². The molecule has 1 N–H and O–H groups in total. The summed E-state index contributed by atoms with van der Waals surface area (Å²) in [4.78, 5) is 16.8. The normalized spacial score (nSPS) is 12.5. The van der Waals surface area contributed by atoms with Crippen molar-refractivity contribution < 1.29 is 14.4 Å². The topological polar surface area (TPSA) is 79.5 Å². The fourth-order valence-corrected chi connectivity index (χ4v) is 1.90. The van der Waals surface area contributed by atoms with Gasteiger partial charge in [0.2, 0.25) is 5.89 Å². The Labute approximate surface area is 123 Å². The number of likely N-dealkylation sites (N-methyl/N-ethyl adjacent to an activating group) is 1. The number of aryl methyl sites for hydroxylation is 2. The van der Waals surface area contributed by atoms with Crippen LogP contribution in [0.2, 0.25) is 0 Å². The zero-order valence-electron chi connectivity index (χ0n) is 12.2. The summed E-state index contributed by atoms with van der Waals surface area (Å²) >= 11 is 0. The molecular formula is C15H19N3O3. The summed E-state index contributed by atoms with van der Waals surface area (Å²) in [5, 5.41) is 12.9. The average molecular weight is 289 g/mol. The second kappa shape index (κ2) is 6.99. The minimum atomic E-state index is -0.874. The van der Waals surface area contributed by atoms with Gasteiger partial charge in [0.25, 0.3) is 0 Å². The van der Waals surface area contributed by atoms with Crippen molar-refractivity contribution in [3.05, 3.63) is 47.6 Å². The van der Waals surface area contributed by atoms with Crippen LogP contribution in [0.25, 0.3) is 0 Å². The molecule has 0 radical (unpaired) electrons. The molecule has 0 saturated carbocycles. The first-order valence-electron chi connectivity index (χ1n) is 6.84. The number of rotatable bonds is 7. The van der Waals surface area contributed by atoms with Gasteiger partial charge < -0.3 is 9.63 Å². The number of benzene rings is 1. The molecule has 6 nitrogen and oxygen atoms in total. The number of carboxylic acid groups (broad SMARTS) is 1. The Morgan fingerprint density at radius 2 is 2.05 bits per heavy atom. The first kappa shape index (κ1) is 15.2. The summed E-state index contributed by atoms with van der Waals surface area (Å²) in [5.74, 6) is 0.209. The molecular weight excluding hydrogens is 270 g/mol. The molecule has 6 heteroatoms. The summed E-state index contributed by atoms with van der Waals surface area (Å²) < 4.78 is 5.16. The summed E-state index contributed by atoms with van der Waals surface area (Å²) in [6.45, 7) is 1.95. The summed E-state index contributed by atoms with van der Waals surface area (Å²) in [5.41, 5.74) is 1.22. The first-order valence-corrected chi connectivity index (χ1v) is 6.84. The van der Waals surface area contributed by atoms with Gasteiger partial charge in [0.15, 0.2) is 5.82 Å². The van der Waals surface area contributed by atoms with Crippen LogP contribution in [-0.4, -0.2) is 39.2 Å². The van der Waals surface area contributed by atoms with E-state index in [9.17, 15) is 4.79 Å². The Morgan fingerprint density at radius 1 is 1.33 bits per heavy atom. The van der Waals surface area contributed by atoms with Gasteiger partial charge >= 0.3 is 5.97 Å². The van der Waals surface area contributed by atoms with Crippen molar-refractivity contribution in [3.8, 4) is 0 Å².